The van der Waals surface area contributed by atoms with E-state index in [0.717, 1.165) is 40.3 Å². The number of H-pyrrole nitrogens is 1. The highest BCUT2D eigenvalue weighted by molar-refractivity contribution is 7.99. The van der Waals surface area contributed by atoms with Crippen LogP contribution in [-0.4, -0.2) is 29.8 Å². The van der Waals surface area contributed by atoms with Crippen LogP contribution >= 0.6 is 23.4 Å². The molecule has 3 aromatic heterocycles. The van der Waals surface area contributed by atoms with E-state index in [1.807, 2.05) is 31.2 Å². The average molecular weight is 359 g/mol. The standard InChI is InChI=1S/C16H15ClN6S/c1-3-6-12-18-16(21-20-12)24-15-10-7-4-5-8-11(10)23-14(19-15)13(17)9(2)22-23/h4-5,7-8H,3,6H2,1-2H3,(H,18,20,21). The fourth-order valence-corrected chi connectivity index (χ4v) is 3.59. The van der Waals surface area contributed by atoms with Crippen LogP contribution in [0.15, 0.2) is 34.4 Å². The molecule has 0 radical (unpaired) electrons. The fourth-order valence-electron chi connectivity index (χ4n) is 2.59. The number of hydrogen-bond donors (Lipinski definition) is 1. The molecule has 0 aliphatic rings. The lowest BCUT2D eigenvalue weighted by molar-refractivity contribution is 0.840. The van der Waals surface area contributed by atoms with E-state index in [2.05, 4.69) is 27.2 Å². The Balaban J connectivity index is 1.87. The summed E-state index contributed by atoms with van der Waals surface area (Å²) in [6, 6.07) is 8.00. The minimum Gasteiger partial charge on any atom is -0.262 e. The van der Waals surface area contributed by atoms with Crippen LogP contribution in [0.5, 0.6) is 0 Å². The summed E-state index contributed by atoms with van der Waals surface area (Å²) in [7, 11) is 0. The van der Waals surface area contributed by atoms with Crippen LogP contribution in [-0.2, 0) is 6.42 Å². The minimum atomic E-state index is 0.573. The summed E-state index contributed by atoms with van der Waals surface area (Å²) < 4.78 is 1.79. The van der Waals surface area contributed by atoms with Gasteiger partial charge in [-0.2, -0.15) is 5.10 Å². The van der Waals surface area contributed by atoms with Crippen molar-refractivity contribution in [1.29, 1.82) is 0 Å². The predicted molar refractivity (Wildman–Crippen MR) is 94.7 cm³/mol. The summed E-state index contributed by atoms with van der Waals surface area (Å²) in [6.07, 6.45) is 1.91. The van der Waals surface area contributed by atoms with Gasteiger partial charge in [-0.1, -0.05) is 36.7 Å². The molecule has 0 unspecified atom stereocenters. The zero-order chi connectivity index (χ0) is 16.7. The lowest BCUT2D eigenvalue weighted by atomic mass is 10.2. The van der Waals surface area contributed by atoms with Gasteiger partial charge in [0.15, 0.2) is 5.65 Å². The Morgan fingerprint density at radius 3 is 2.92 bits per heavy atom. The molecule has 1 N–H and O–H groups in total. The Morgan fingerprint density at radius 2 is 2.08 bits per heavy atom. The summed E-state index contributed by atoms with van der Waals surface area (Å²) in [5.74, 6) is 0.892. The van der Waals surface area contributed by atoms with Crippen LogP contribution in [0.1, 0.15) is 24.9 Å². The maximum Gasteiger partial charge on any atom is 0.214 e. The SMILES string of the molecule is CCCc1nc(Sc2nc3c(Cl)c(C)nn3c3ccccc23)n[nH]1. The van der Waals surface area contributed by atoms with E-state index in [9.17, 15) is 0 Å². The van der Waals surface area contributed by atoms with E-state index in [0.29, 0.717) is 15.8 Å². The van der Waals surface area contributed by atoms with Crippen molar-refractivity contribution >= 4 is 39.9 Å². The molecule has 0 atom stereocenters. The van der Waals surface area contributed by atoms with Gasteiger partial charge in [-0.25, -0.2) is 14.5 Å². The maximum absolute atomic E-state index is 6.37. The van der Waals surface area contributed by atoms with Crippen LogP contribution < -0.4 is 0 Å². The molecule has 4 aromatic rings. The Morgan fingerprint density at radius 1 is 1.25 bits per heavy atom. The molecular weight excluding hydrogens is 344 g/mol. The van der Waals surface area contributed by atoms with Gasteiger partial charge in [0.05, 0.1) is 11.2 Å². The summed E-state index contributed by atoms with van der Waals surface area (Å²) in [5.41, 5.74) is 2.38. The van der Waals surface area contributed by atoms with Crippen molar-refractivity contribution < 1.29 is 0 Å². The van der Waals surface area contributed by atoms with Crippen LogP contribution in [0.4, 0.5) is 0 Å². The van der Waals surface area contributed by atoms with Crippen molar-refractivity contribution in [2.24, 2.45) is 0 Å². The number of aromatic amines is 1. The first kappa shape index (κ1) is 15.4. The van der Waals surface area contributed by atoms with E-state index in [-0.39, 0.29) is 0 Å². The number of hydrogen-bond acceptors (Lipinski definition) is 5. The highest BCUT2D eigenvalue weighted by Crippen LogP contribution is 2.33. The Labute approximate surface area is 147 Å². The first-order valence-corrected chi connectivity index (χ1v) is 8.89. The van der Waals surface area contributed by atoms with Crippen LogP contribution in [0.2, 0.25) is 5.02 Å². The van der Waals surface area contributed by atoms with E-state index in [4.69, 9.17) is 16.6 Å². The van der Waals surface area contributed by atoms with Crippen molar-refractivity contribution in [1.82, 2.24) is 29.8 Å². The summed E-state index contributed by atoms with van der Waals surface area (Å²) in [5, 5.41) is 14.8. The summed E-state index contributed by atoms with van der Waals surface area (Å²) >= 11 is 7.80. The zero-order valence-corrected chi connectivity index (χ0v) is 14.8. The van der Waals surface area contributed by atoms with Gasteiger partial charge < -0.3 is 0 Å². The first-order chi connectivity index (χ1) is 11.7. The second-order valence-corrected chi connectivity index (χ2v) is 6.82. The van der Waals surface area contributed by atoms with Gasteiger partial charge in [0.1, 0.15) is 15.9 Å². The van der Waals surface area contributed by atoms with E-state index in [1.54, 1.807) is 4.52 Å². The molecule has 0 amide bonds. The normalized spacial score (nSPS) is 11.6. The maximum atomic E-state index is 6.37. The van der Waals surface area contributed by atoms with Crippen molar-refractivity contribution in [3.05, 3.63) is 40.8 Å². The van der Waals surface area contributed by atoms with E-state index >= 15 is 0 Å². The molecule has 0 bridgehead atoms. The number of halogens is 1. The lowest BCUT2D eigenvalue weighted by Gasteiger charge is -2.06. The molecule has 8 heteroatoms. The number of para-hydroxylation sites is 1. The quantitative estimate of drug-likeness (QED) is 0.557. The monoisotopic (exact) mass is 358 g/mol. The summed E-state index contributed by atoms with van der Waals surface area (Å²) in [4.78, 5) is 9.22. The second-order valence-electron chi connectivity index (χ2n) is 5.49. The third-order valence-electron chi connectivity index (χ3n) is 3.72. The zero-order valence-electron chi connectivity index (χ0n) is 13.2. The molecule has 24 heavy (non-hydrogen) atoms. The van der Waals surface area contributed by atoms with Gasteiger partial charge in [-0.3, -0.25) is 5.10 Å². The van der Waals surface area contributed by atoms with Crippen molar-refractivity contribution in [2.45, 2.75) is 36.9 Å². The van der Waals surface area contributed by atoms with Gasteiger partial charge >= 0.3 is 0 Å². The smallest absolute Gasteiger partial charge is 0.214 e. The molecule has 0 saturated heterocycles. The number of rotatable bonds is 4. The van der Waals surface area contributed by atoms with Gasteiger partial charge in [0.25, 0.3) is 0 Å². The van der Waals surface area contributed by atoms with Crippen molar-refractivity contribution in [2.75, 3.05) is 0 Å². The molecule has 0 spiro atoms. The van der Waals surface area contributed by atoms with Gasteiger partial charge in [0.2, 0.25) is 5.16 Å². The topological polar surface area (TPSA) is 71.8 Å². The third kappa shape index (κ3) is 2.53. The van der Waals surface area contributed by atoms with Gasteiger partial charge in [-0.05, 0) is 31.2 Å². The predicted octanol–water partition coefficient (Wildman–Crippen LogP) is 4.07. The van der Waals surface area contributed by atoms with E-state index in [1.165, 1.54) is 11.8 Å². The highest BCUT2D eigenvalue weighted by Gasteiger charge is 2.16. The fraction of sp³-hybridized carbons (Fsp3) is 0.250. The number of nitrogens with zero attached hydrogens (tertiary/aromatic N) is 5. The average Bonchev–Trinajstić information content (AvgIpc) is 3.14. The molecule has 4 rings (SSSR count). The van der Waals surface area contributed by atoms with Gasteiger partial charge in [-0.15, -0.1) is 5.10 Å². The first-order valence-electron chi connectivity index (χ1n) is 7.70. The molecule has 122 valence electrons. The van der Waals surface area contributed by atoms with Crippen LogP contribution in [0, 0.1) is 6.92 Å². The van der Waals surface area contributed by atoms with Crippen molar-refractivity contribution in [3.8, 4) is 0 Å². The van der Waals surface area contributed by atoms with Crippen LogP contribution in [0.25, 0.3) is 16.6 Å². The number of nitrogens with one attached hydrogen (secondary N) is 1. The largest absolute Gasteiger partial charge is 0.262 e. The molecule has 0 saturated carbocycles. The Hall–Kier alpha value is -2.12. The molecule has 0 aliphatic heterocycles. The number of fused-ring (bicyclic) bond motifs is 3. The number of aromatic nitrogens is 6. The highest BCUT2D eigenvalue weighted by atomic mass is 35.5. The second kappa shape index (κ2) is 6.07. The number of benzene rings is 1. The molecule has 0 aliphatic carbocycles. The third-order valence-corrected chi connectivity index (χ3v) is 5.03. The Bertz CT molecular complexity index is 1040. The molecular formula is C16H15ClN6S. The minimum absolute atomic E-state index is 0.573. The molecule has 0 fully saturated rings. The molecule has 3 heterocycles. The number of aryl methyl sites for hydroxylation is 2. The lowest BCUT2D eigenvalue weighted by Crippen LogP contribution is -1.96. The molecule has 1 aromatic carbocycles. The van der Waals surface area contributed by atoms with Crippen LogP contribution in [0.3, 0.4) is 0 Å². The van der Waals surface area contributed by atoms with Crippen molar-refractivity contribution in [3.63, 3.8) is 0 Å². The van der Waals surface area contributed by atoms with E-state index < -0.39 is 0 Å². The van der Waals surface area contributed by atoms with Gasteiger partial charge in [0, 0.05) is 11.8 Å². The molecule has 6 nitrogen and oxygen atoms in total. The Kier molecular flexibility index (Phi) is 3.90. The summed E-state index contributed by atoms with van der Waals surface area (Å²) in [6.45, 7) is 3.99.